The highest BCUT2D eigenvalue weighted by Crippen LogP contribution is 2.39. The van der Waals surface area contributed by atoms with E-state index < -0.39 is 29.5 Å². The highest BCUT2D eigenvalue weighted by Gasteiger charge is 2.37. The monoisotopic (exact) mass is 325 g/mol. The smallest absolute Gasteiger partial charge is 0.372 e. The van der Waals surface area contributed by atoms with Gasteiger partial charge in [0.1, 0.15) is 0 Å². The molecule has 0 fully saturated rings. The van der Waals surface area contributed by atoms with Gasteiger partial charge in [0.15, 0.2) is 0 Å². The summed E-state index contributed by atoms with van der Waals surface area (Å²) in [4.78, 5) is 1.57. The van der Waals surface area contributed by atoms with Crippen molar-refractivity contribution in [2.75, 3.05) is 7.05 Å². The maximum absolute atomic E-state index is 12.9. The second kappa shape index (κ2) is 6.22. The van der Waals surface area contributed by atoms with Crippen LogP contribution in [0.1, 0.15) is 43.0 Å². The molecule has 0 N–H and O–H groups in total. The summed E-state index contributed by atoms with van der Waals surface area (Å²) in [6, 6.07) is 1.06. The Labute approximate surface area is 125 Å². The number of hydrogen-bond donors (Lipinski definition) is 0. The molecule has 1 aromatic rings. The average Bonchev–Trinajstić information content (AvgIpc) is 2.37. The molecule has 0 heterocycles. The van der Waals surface area contributed by atoms with E-state index >= 15 is 0 Å². The Morgan fingerprint density at radius 2 is 1.45 bits per heavy atom. The average molecular weight is 325 g/mol. The zero-order chi connectivity index (χ0) is 17.3. The minimum Gasteiger partial charge on any atom is -0.372 e. The highest BCUT2D eigenvalue weighted by atomic mass is 19.4. The molecule has 1 aromatic carbocycles. The molecule has 22 heavy (non-hydrogen) atoms. The molecule has 124 valence electrons. The Balaban J connectivity index is 3.49. The molecular weight excluding hydrogens is 308 g/mol. The first kappa shape index (κ1) is 18.4. The minimum atomic E-state index is -4.84. The van der Waals surface area contributed by atoms with E-state index in [0.717, 1.165) is 12.1 Å². The summed E-state index contributed by atoms with van der Waals surface area (Å²) in [5.41, 5.74) is -2.08. The molecule has 0 saturated carbocycles. The normalized spacial score (nSPS) is 13.9. The Morgan fingerprint density at radius 1 is 1.05 bits per heavy atom. The van der Waals surface area contributed by atoms with Gasteiger partial charge in [-0.2, -0.15) is 26.3 Å². The number of benzene rings is 1. The molecule has 0 aliphatic carbocycles. The third-order valence-electron chi connectivity index (χ3n) is 3.45. The van der Waals surface area contributed by atoms with Gasteiger partial charge in [0.05, 0.1) is 17.2 Å². The van der Waals surface area contributed by atoms with E-state index in [9.17, 15) is 26.3 Å². The Bertz CT molecular complexity index is 512. The van der Waals surface area contributed by atoms with Crippen LogP contribution >= 0.6 is 0 Å². The molecule has 1 rings (SSSR count). The van der Waals surface area contributed by atoms with Gasteiger partial charge in [-0.1, -0.05) is 13.5 Å². The molecule has 1 nitrogen and oxygen atoms in total. The van der Waals surface area contributed by atoms with Gasteiger partial charge in [-0.05, 0) is 37.1 Å². The lowest BCUT2D eigenvalue weighted by Crippen LogP contribution is -2.23. The van der Waals surface area contributed by atoms with Gasteiger partial charge in [0.25, 0.3) is 0 Å². The lowest BCUT2D eigenvalue weighted by Gasteiger charge is -2.30. The van der Waals surface area contributed by atoms with E-state index in [1.165, 1.54) is 0 Å². The van der Waals surface area contributed by atoms with Crippen LogP contribution in [0.2, 0.25) is 0 Å². The SMILES string of the molecule is C=C(C)N(C)C(CC)c1cc(C(F)(F)F)cc(C(F)(F)F)c1. The van der Waals surface area contributed by atoms with E-state index in [4.69, 9.17) is 0 Å². The molecule has 0 aromatic heterocycles. The first-order chi connectivity index (χ1) is 9.87. The standard InChI is InChI=1S/C15H17F6N/c1-5-13(22(4)9(2)3)10-6-11(14(16,17)18)8-12(7-10)15(19,20)21/h6-8,13H,2,5H2,1,3-4H3. The van der Waals surface area contributed by atoms with Crippen LogP contribution < -0.4 is 0 Å². The van der Waals surface area contributed by atoms with Crippen molar-refractivity contribution in [1.82, 2.24) is 4.90 Å². The van der Waals surface area contributed by atoms with Gasteiger partial charge in [-0.3, -0.25) is 0 Å². The van der Waals surface area contributed by atoms with E-state index in [0.29, 0.717) is 12.1 Å². The zero-order valence-electron chi connectivity index (χ0n) is 12.4. The van der Waals surface area contributed by atoms with Crippen LogP contribution in [0.25, 0.3) is 0 Å². The van der Waals surface area contributed by atoms with Crippen molar-refractivity contribution in [3.05, 3.63) is 47.2 Å². The van der Waals surface area contributed by atoms with E-state index in [-0.39, 0.29) is 11.6 Å². The summed E-state index contributed by atoms with van der Waals surface area (Å²) < 4.78 is 77.2. The van der Waals surface area contributed by atoms with E-state index in [2.05, 4.69) is 6.58 Å². The third-order valence-corrected chi connectivity index (χ3v) is 3.45. The van der Waals surface area contributed by atoms with Crippen molar-refractivity contribution in [1.29, 1.82) is 0 Å². The summed E-state index contributed by atoms with van der Waals surface area (Å²) in [7, 11) is 1.59. The van der Waals surface area contributed by atoms with E-state index in [1.807, 2.05) is 0 Å². The highest BCUT2D eigenvalue weighted by molar-refractivity contribution is 5.35. The van der Waals surface area contributed by atoms with Crippen molar-refractivity contribution >= 4 is 0 Å². The fraction of sp³-hybridized carbons (Fsp3) is 0.467. The predicted octanol–water partition coefficient (Wildman–Crippen LogP) is 5.64. The third kappa shape index (κ3) is 4.18. The summed E-state index contributed by atoms with van der Waals surface area (Å²) >= 11 is 0. The maximum Gasteiger partial charge on any atom is 0.416 e. The van der Waals surface area contributed by atoms with Gasteiger partial charge < -0.3 is 4.90 Å². The van der Waals surface area contributed by atoms with Gasteiger partial charge in [-0.15, -0.1) is 0 Å². The van der Waals surface area contributed by atoms with Crippen molar-refractivity contribution in [3.63, 3.8) is 0 Å². The molecule has 0 amide bonds. The van der Waals surface area contributed by atoms with Crippen molar-refractivity contribution in [2.24, 2.45) is 0 Å². The molecule has 0 bridgehead atoms. The second-order valence-electron chi connectivity index (χ2n) is 5.11. The number of hydrogen-bond acceptors (Lipinski definition) is 1. The Hall–Kier alpha value is -1.66. The summed E-state index contributed by atoms with van der Waals surface area (Å²) in [6.45, 7) is 7.01. The lowest BCUT2D eigenvalue weighted by molar-refractivity contribution is -0.143. The maximum atomic E-state index is 12.9. The predicted molar refractivity (Wildman–Crippen MR) is 72.1 cm³/mol. The van der Waals surface area contributed by atoms with Crippen LogP contribution in [0.15, 0.2) is 30.5 Å². The molecule has 1 atom stereocenters. The van der Waals surface area contributed by atoms with Crippen LogP contribution in [-0.2, 0) is 12.4 Å². The number of alkyl halides is 6. The number of rotatable bonds is 4. The van der Waals surface area contributed by atoms with Gasteiger partial charge in [0, 0.05) is 12.7 Å². The van der Waals surface area contributed by atoms with Gasteiger partial charge in [0.2, 0.25) is 0 Å². The van der Waals surface area contributed by atoms with Crippen LogP contribution in [0, 0.1) is 0 Å². The molecule has 0 aliphatic rings. The van der Waals surface area contributed by atoms with Crippen LogP contribution in [0.4, 0.5) is 26.3 Å². The number of nitrogens with zero attached hydrogens (tertiary/aromatic N) is 1. The fourth-order valence-corrected chi connectivity index (χ4v) is 2.17. The van der Waals surface area contributed by atoms with Gasteiger partial charge >= 0.3 is 12.4 Å². The Morgan fingerprint density at radius 3 is 1.73 bits per heavy atom. The largest absolute Gasteiger partial charge is 0.416 e. The molecular formula is C15H17F6N. The van der Waals surface area contributed by atoms with Crippen molar-refractivity contribution in [3.8, 4) is 0 Å². The van der Waals surface area contributed by atoms with Crippen molar-refractivity contribution in [2.45, 2.75) is 38.7 Å². The molecule has 0 aliphatic heterocycles. The fourth-order valence-electron chi connectivity index (χ4n) is 2.17. The molecule has 0 spiro atoms. The molecule has 0 radical (unpaired) electrons. The zero-order valence-corrected chi connectivity index (χ0v) is 12.4. The minimum absolute atomic E-state index is 0.0323. The summed E-state index contributed by atoms with van der Waals surface area (Å²) in [6.07, 6.45) is -9.33. The molecule has 0 saturated heterocycles. The van der Waals surface area contributed by atoms with Crippen LogP contribution in [0.5, 0.6) is 0 Å². The number of allylic oxidation sites excluding steroid dienone is 1. The topological polar surface area (TPSA) is 3.24 Å². The molecule has 7 heteroatoms. The quantitative estimate of drug-likeness (QED) is 0.648. The number of halogens is 6. The first-order valence-corrected chi connectivity index (χ1v) is 6.55. The van der Waals surface area contributed by atoms with Gasteiger partial charge in [-0.25, -0.2) is 0 Å². The van der Waals surface area contributed by atoms with Crippen molar-refractivity contribution < 1.29 is 26.3 Å². The lowest BCUT2D eigenvalue weighted by atomic mass is 9.97. The van der Waals surface area contributed by atoms with E-state index in [1.54, 1.807) is 25.8 Å². The summed E-state index contributed by atoms with van der Waals surface area (Å²) in [5, 5.41) is 0. The Kier molecular flexibility index (Phi) is 5.20. The molecule has 1 unspecified atom stereocenters. The summed E-state index contributed by atoms with van der Waals surface area (Å²) in [5.74, 6) is 0. The first-order valence-electron chi connectivity index (χ1n) is 6.55. The van der Waals surface area contributed by atoms with Crippen LogP contribution in [0.3, 0.4) is 0 Å². The van der Waals surface area contributed by atoms with Crippen LogP contribution in [-0.4, -0.2) is 11.9 Å². The second-order valence-corrected chi connectivity index (χ2v) is 5.11.